The lowest BCUT2D eigenvalue weighted by atomic mass is 10.1. The number of hydrogen-bond donors (Lipinski definition) is 1. The van der Waals surface area contributed by atoms with E-state index in [0.717, 1.165) is 6.07 Å². The van der Waals surface area contributed by atoms with E-state index in [9.17, 15) is 13.9 Å². The van der Waals surface area contributed by atoms with Crippen LogP contribution < -0.4 is 0 Å². The highest BCUT2D eigenvalue weighted by Crippen LogP contribution is 2.22. The van der Waals surface area contributed by atoms with E-state index in [4.69, 9.17) is 0 Å². The summed E-state index contributed by atoms with van der Waals surface area (Å²) in [5.41, 5.74) is -0.175. The fraction of sp³-hybridized carbons (Fsp3) is 0.0909. The third kappa shape index (κ3) is 1.90. The Morgan fingerprint density at radius 3 is 2.44 bits per heavy atom. The van der Waals surface area contributed by atoms with Crippen molar-refractivity contribution in [1.29, 1.82) is 0 Å². The van der Waals surface area contributed by atoms with Crippen molar-refractivity contribution < 1.29 is 13.9 Å². The van der Waals surface area contributed by atoms with Crippen molar-refractivity contribution in [3.63, 3.8) is 0 Å². The Bertz CT molecular complexity index is 491. The Labute approximate surface area is 90.4 Å². The highest BCUT2D eigenvalue weighted by atomic mass is 19.2. The minimum Gasteiger partial charge on any atom is -0.380 e. The van der Waals surface area contributed by atoms with Gasteiger partial charge >= 0.3 is 0 Å². The van der Waals surface area contributed by atoms with E-state index < -0.39 is 17.7 Å². The SMILES string of the molecule is OC(c1ncccn1)c1cccc(F)c1F. The van der Waals surface area contributed by atoms with Gasteiger partial charge in [-0.3, -0.25) is 0 Å². The van der Waals surface area contributed by atoms with Crippen LogP contribution in [0.5, 0.6) is 0 Å². The van der Waals surface area contributed by atoms with Crippen LogP contribution in [0.4, 0.5) is 8.78 Å². The predicted molar refractivity (Wildman–Crippen MR) is 52.5 cm³/mol. The van der Waals surface area contributed by atoms with E-state index in [1.54, 1.807) is 6.07 Å². The predicted octanol–water partition coefficient (Wildman–Crippen LogP) is 1.84. The van der Waals surface area contributed by atoms with E-state index in [1.807, 2.05) is 0 Å². The van der Waals surface area contributed by atoms with Gasteiger partial charge in [0.15, 0.2) is 17.5 Å². The van der Waals surface area contributed by atoms with E-state index in [1.165, 1.54) is 24.5 Å². The maximum absolute atomic E-state index is 13.3. The number of aromatic nitrogens is 2. The fourth-order valence-corrected chi connectivity index (χ4v) is 1.32. The Balaban J connectivity index is 2.42. The van der Waals surface area contributed by atoms with E-state index in [2.05, 4.69) is 9.97 Å². The molecule has 3 nitrogen and oxygen atoms in total. The molecule has 5 heteroatoms. The van der Waals surface area contributed by atoms with Crippen molar-refractivity contribution >= 4 is 0 Å². The molecule has 1 aromatic carbocycles. The number of halogens is 2. The molecule has 0 spiro atoms. The van der Waals surface area contributed by atoms with Crippen molar-refractivity contribution in [2.75, 3.05) is 0 Å². The van der Waals surface area contributed by atoms with Gasteiger partial charge < -0.3 is 5.11 Å². The van der Waals surface area contributed by atoms with Crippen molar-refractivity contribution in [2.45, 2.75) is 6.10 Å². The van der Waals surface area contributed by atoms with Gasteiger partial charge in [0.05, 0.1) is 0 Å². The molecule has 1 heterocycles. The molecule has 0 saturated carbocycles. The third-order valence-electron chi connectivity index (χ3n) is 2.11. The third-order valence-corrected chi connectivity index (χ3v) is 2.11. The van der Waals surface area contributed by atoms with Gasteiger partial charge in [-0.05, 0) is 12.1 Å². The lowest BCUT2D eigenvalue weighted by Crippen LogP contribution is -2.07. The number of rotatable bonds is 2. The summed E-state index contributed by atoms with van der Waals surface area (Å²) in [5, 5.41) is 9.77. The van der Waals surface area contributed by atoms with E-state index >= 15 is 0 Å². The maximum Gasteiger partial charge on any atom is 0.165 e. The number of aliphatic hydroxyl groups excluding tert-OH is 1. The summed E-state index contributed by atoms with van der Waals surface area (Å²) in [4.78, 5) is 7.55. The first-order chi connectivity index (χ1) is 7.70. The summed E-state index contributed by atoms with van der Waals surface area (Å²) in [5.74, 6) is -2.05. The molecule has 0 radical (unpaired) electrons. The Hall–Kier alpha value is -1.88. The molecule has 2 aromatic rings. The topological polar surface area (TPSA) is 46.0 Å². The van der Waals surface area contributed by atoms with E-state index in [0.29, 0.717) is 0 Å². The largest absolute Gasteiger partial charge is 0.380 e. The molecule has 1 N–H and O–H groups in total. The fourth-order valence-electron chi connectivity index (χ4n) is 1.32. The van der Waals surface area contributed by atoms with Gasteiger partial charge in [0.1, 0.15) is 6.10 Å². The summed E-state index contributed by atoms with van der Waals surface area (Å²) in [7, 11) is 0. The van der Waals surface area contributed by atoms with Crippen LogP contribution in [-0.2, 0) is 0 Å². The molecule has 0 saturated heterocycles. The number of nitrogens with zero attached hydrogens (tertiary/aromatic N) is 2. The minimum atomic E-state index is -1.36. The summed E-state index contributed by atoms with van der Waals surface area (Å²) in [6.45, 7) is 0. The molecule has 1 atom stereocenters. The molecule has 0 aliphatic rings. The van der Waals surface area contributed by atoms with Crippen molar-refractivity contribution in [3.05, 3.63) is 59.7 Å². The van der Waals surface area contributed by atoms with Gasteiger partial charge in [0, 0.05) is 18.0 Å². The molecule has 0 aliphatic heterocycles. The number of benzene rings is 1. The zero-order valence-corrected chi connectivity index (χ0v) is 8.14. The quantitative estimate of drug-likeness (QED) is 0.843. The Kier molecular flexibility index (Phi) is 2.87. The second kappa shape index (κ2) is 4.32. The van der Waals surface area contributed by atoms with Crippen LogP contribution in [0.25, 0.3) is 0 Å². The van der Waals surface area contributed by atoms with Gasteiger partial charge in [-0.25, -0.2) is 18.7 Å². The van der Waals surface area contributed by atoms with Crippen LogP contribution in [-0.4, -0.2) is 15.1 Å². The van der Waals surface area contributed by atoms with Crippen LogP contribution in [0.2, 0.25) is 0 Å². The van der Waals surface area contributed by atoms with Gasteiger partial charge in [0.2, 0.25) is 0 Å². The molecule has 2 rings (SSSR count). The minimum absolute atomic E-state index is 0.0343. The molecule has 0 aliphatic carbocycles. The molecule has 0 amide bonds. The zero-order valence-electron chi connectivity index (χ0n) is 8.14. The Morgan fingerprint density at radius 2 is 1.75 bits per heavy atom. The standard InChI is InChI=1S/C11H8F2N2O/c12-8-4-1-3-7(9(8)13)10(16)11-14-5-2-6-15-11/h1-6,10,16H. The number of hydrogen-bond acceptors (Lipinski definition) is 3. The smallest absolute Gasteiger partial charge is 0.165 e. The molecule has 0 fully saturated rings. The van der Waals surface area contributed by atoms with Crippen molar-refractivity contribution in [2.24, 2.45) is 0 Å². The normalized spacial score (nSPS) is 12.4. The molecule has 82 valence electrons. The first-order valence-corrected chi connectivity index (χ1v) is 4.59. The van der Waals surface area contributed by atoms with Gasteiger partial charge in [-0.2, -0.15) is 0 Å². The van der Waals surface area contributed by atoms with E-state index in [-0.39, 0.29) is 11.4 Å². The van der Waals surface area contributed by atoms with Crippen LogP contribution in [0.15, 0.2) is 36.7 Å². The monoisotopic (exact) mass is 222 g/mol. The molecule has 1 aromatic heterocycles. The first kappa shape index (κ1) is 10.6. The number of aliphatic hydroxyl groups is 1. The lowest BCUT2D eigenvalue weighted by Gasteiger charge is -2.10. The summed E-state index contributed by atoms with van der Waals surface area (Å²) in [6, 6.07) is 5.16. The van der Waals surface area contributed by atoms with Gasteiger partial charge in [-0.1, -0.05) is 12.1 Å². The molecular weight excluding hydrogens is 214 g/mol. The van der Waals surface area contributed by atoms with Gasteiger partial charge in [-0.15, -0.1) is 0 Å². The molecule has 0 bridgehead atoms. The van der Waals surface area contributed by atoms with Crippen LogP contribution in [0.3, 0.4) is 0 Å². The molecular formula is C11H8F2N2O. The first-order valence-electron chi connectivity index (χ1n) is 4.59. The highest BCUT2D eigenvalue weighted by Gasteiger charge is 2.19. The average Bonchev–Trinajstić information content (AvgIpc) is 2.33. The van der Waals surface area contributed by atoms with Crippen molar-refractivity contribution in [3.8, 4) is 0 Å². The summed E-state index contributed by atoms with van der Waals surface area (Å²) >= 11 is 0. The molecule has 16 heavy (non-hydrogen) atoms. The Morgan fingerprint density at radius 1 is 1.06 bits per heavy atom. The zero-order chi connectivity index (χ0) is 11.5. The second-order valence-electron chi connectivity index (χ2n) is 3.15. The summed E-state index contributed by atoms with van der Waals surface area (Å²) < 4.78 is 26.3. The van der Waals surface area contributed by atoms with Crippen LogP contribution in [0.1, 0.15) is 17.5 Å². The van der Waals surface area contributed by atoms with Gasteiger partial charge in [0.25, 0.3) is 0 Å². The maximum atomic E-state index is 13.3. The highest BCUT2D eigenvalue weighted by molar-refractivity contribution is 5.25. The molecule has 1 unspecified atom stereocenters. The summed E-state index contributed by atoms with van der Waals surface area (Å²) in [6.07, 6.45) is 1.47. The average molecular weight is 222 g/mol. The van der Waals surface area contributed by atoms with Crippen molar-refractivity contribution in [1.82, 2.24) is 9.97 Å². The second-order valence-corrected chi connectivity index (χ2v) is 3.15. The van der Waals surface area contributed by atoms with Crippen LogP contribution >= 0.6 is 0 Å². The lowest BCUT2D eigenvalue weighted by molar-refractivity contribution is 0.203. The van der Waals surface area contributed by atoms with Crippen LogP contribution in [0, 0.1) is 11.6 Å².